The lowest BCUT2D eigenvalue weighted by molar-refractivity contribution is -0.159. The number of ether oxygens (including phenoxy) is 1. The molecule has 1 heterocycles. The number of likely N-dealkylation sites (N-methyl/N-ethyl adjacent to an activating group) is 1. The molecule has 1 aliphatic rings. The number of rotatable bonds is 6. The summed E-state index contributed by atoms with van der Waals surface area (Å²) in [5, 5.41) is 14.8. The minimum atomic E-state index is -1.82. The Morgan fingerprint density at radius 2 is 1.73 bits per heavy atom. The van der Waals surface area contributed by atoms with Crippen molar-refractivity contribution in [2.75, 3.05) is 46.4 Å². The highest BCUT2D eigenvalue weighted by Gasteiger charge is 2.12. The molecule has 0 radical (unpaired) electrons. The van der Waals surface area contributed by atoms with Crippen molar-refractivity contribution in [3.63, 3.8) is 0 Å². The predicted molar refractivity (Wildman–Crippen MR) is 99.9 cm³/mol. The number of benzene rings is 1. The van der Waals surface area contributed by atoms with Crippen molar-refractivity contribution in [1.82, 2.24) is 9.80 Å². The first kappa shape index (κ1) is 21.9. The molecular formula is C19H30N2O5. The van der Waals surface area contributed by atoms with Crippen LogP contribution in [0.1, 0.15) is 31.7 Å². The van der Waals surface area contributed by atoms with E-state index in [9.17, 15) is 0 Å². The highest BCUT2D eigenvalue weighted by Crippen LogP contribution is 2.20. The molecule has 0 aliphatic carbocycles. The second kappa shape index (κ2) is 11.5. The van der Waals surface area contributed by atoms with E-state index in [4.69, 9.17) is 24.5 Å². The van der Waals surface area contributed by atoms with E-state index in [2.05, 4.69) is 55.0 Å². The van der Waals surface area contributed by atoms with E-state index in [0.717, 1.165) is 25.3 Å². The lowest BCUT2D eigenvalue weighted by atomic mass is 10.0. The zero-order valence-electron chi connectivity index (χ0n) is 15.9. The van der Waals surface area contributed by atoms with Crippen LogP contribution >= 0.6 is 0 Å². The average molecular weight is 366 g/mol. The van der Waals surface area contributed by atoms with Crippen molar-refractivity contribution in [3.05, 3.63) is 29.8 Å². The first-order valence-corrected chi connectivity index (χ1v) is 8.89. The summed E-state index contributed by atoms with van der Waals surface area (Å²) in [6.45, 7) is 11.2. The largest absolute Gasteiger partial charge is 0.494 e. The van der Waals surface area contributed by atoms with Crippen LogP contribution in [0.25, 0.3) is 0 Å². The topological polar surface area (TPSA) is 90.3 Å². The van der Waals surface area contributed by atoms with Gasteiger partial charge in [-0.1, -0.05) is 26.0 Å². The van der Waals surface area contributed by atoms with E-state index in [1.54, 1.807) is 0 Å². The SMILES string of the molecule is CC(C)c1cccc(OCCCN2CCN(C)CC2)c1.O=C(O)C(=O)O. The van der Waals surface area contributed by atoms with Crippen LogP contribution in [-0.2, 0) is 9.59 Å². The van der Waals surface area contributed by atoms with Gasteiger partial charge in [-0.25, -0.2) is 9.59 Å². The summed E-state index contributed by atoms with van der Waals surface area (Å²) in [5.41, 5.74) is 1.35. The summed E-state index contributed by atoms with van der Waals surface area (Å²) >= 11 is 0. The third kappa shape index (κ3) is 8.82. The molecule has 2 rings (SSSR count). The van der Waals surface area contributed by atoms with Crippen molar-refractivity contribution in [2.45, 2.75) is 26.2 Å². The molecule has 2 N–H and O–H groups in total. The molecule has 0 atom stereocenters. The number of hydrogen-bond donors (Lipinski definition) is 2. The Hall–Kier alpha value is -2.12. The summed E-state index contributed by atoms with van der Waals surface area (Å²) < 4.78 is 5.87. The van der Waals surface area contributed by atoms with Crippen molar-refractivity contribution in [3.8, 4) is 5.75 Å². The molecule has 0 amide bonds. The molecule has 26 heavy (non-hydrogen) atoms. The lowest BCUT2D eigenvalue weighted by Crippen LogP contribution is -2.44. The first-order valence-electron chi connectivity index (χ1n) is 8.89. The van der Waals surface area contributed by atoms with Crippen molar-refractivity contribution in [2.24, 2.45) is 0 Å². The second-order valence-corrected chi connectivity index (χ2v) is 6.68. The summed E-state index contributed by atoms with van der Waals surface area (Å²) in [7, 11) is 2.20. The molecule has 146 valence electrons. The van der Waals surface area contributed by atoms with E-state index in [-0.39, 0.29) is 0 Å². The maximum absolute atomic E-state index is 9.10. The Morgan fingerprint density at radius 1 is 1.12 bits per heavy atom. The highest BCUT2D eigenvalue weighted by molar-refractivity contribution is 6.27. The molecule has 1 fully saturated rings. The first-order chi connectivity index (χ1) is 12.3. The Balaban J connectivity index is 0.000000487. The number of nitrogens with zero attached hydrogens (tertiary/aromatic N) is 2. The van der Waals surface area contributed by atoms with Gasteiger partial charge in [0.05, 0.1) is 6.61 Å². The van der Waals surface area contributed by atoms with Crippen LogP contribution in [0.2, 0.25) is 0 Å². The fraction of sp³-hybridized carbons (Fsp3) is 0.579. The number of carboxylic acid groups (broad SMARTS) is 2. The minimum Gasteiger partial charge on any atom is -0.494 e. The molecule has 1 saturated heterocycles. The van der Waals surface area contributed by atoms with Crippen LogP contribution in [-0.4, -0.2) is 78.3 Å². The van der Waals surface area contributed by atoms with Gasteiger partial charge in [-0.3, -0.25) is 0 Å². The maximum Gasteiger partial charge on any atom is 0.414 e. The fourth-order valence-electron chi connectivity index (χ4n) is 2.51. The lowest BCUT2D eigenvalue weighted by Gasteiger charge is -2.32. The second-order valence-electron chi connectivity index (χ2n) is 6.68. The molecule has 0 unspecified atom stereocenters. The van der Waals surface area contributed by atoms with E-state index in [0.29, 0.717) is 5.92 Å². The Bertz CT molecular complexity index is 557. The predicted octanol–water partition coefficient (Wildman–Crippen LogP) is 1.98. The van der Waals surface area contributed by atoms with Gasteiger partial charge in [0.1, 0.15) is 5.75 Å². The van der Waals surface area contributed by atoms with Crippen LogP contribution in [0.4, 0.5) is 0 Å². The van der Waals surface area contributed by atoms with Crippen molar-refractivity contribution < 1.29 is 24.5 Å². The van der Waals surface area contributed by atoms with Gasteiger partial charge in [-0.2, -0.15) is 0 Å². The number of hydrogen-bond acceptors (Lipinski definition) is 5. The van der Waals surface area contributed by atoms with Crippen LogP contribution in [0.5, 0.6) is 5.75 Å². The fourth-order valence-corrected chi connectivity index (χ4v) is 2.51. The van der Waals surface area contributed by atoms with Gasteiger partial charge < -0.3 is 24.7 Å². The molecule has 0 aromatic heterocycles. The molecule has 0 saturated carbocycles. The number of carboxylic acids is 2. The smallest absolute Gasteiger partial charge is 0.414 e. The zero-order valence-corrected chi connectivity index (χ0v) is 15.9. The molecule has 1 aromatic carbocycles. The Kier molecular flexibility index (Phi) is 9.69. The van der Waals surface area contributed by atoms with E-state index in [1.807, 2.05) is 0 Å². The summed E-state index contributed by atoms with van der Waals surface area (Å²) in [5.74, 6) is -2.08. The van der Waals surface area contributed by atoms with Gasteiger partial charge in [0.2, 0.25) is 0 Å². The Labute approximate surface area is 155 Å². The summed E-state index contributed by atoms with van der Waals surface area (Å²) in [4.78, 5) is 23.1. The monoisotopic (exact) mass is 366 g/mol. The molecule has 7 heteroatoms. The van der Waals surface area contributed by atoms with Crippen molar-refractivity contribution in [1.29, 1.82) is 0 Å². The van der Waals surface area contributed by atoms with Crippen LogP contribution in [0, 0.1) is 0 Å². The normalized spacial score (nSPS) is 15.2. The average Bonchev–Trinajstić information content (AvgIpc) is 2.61. The quantitative estimate of drug-likeness (QED) is 0.588. The van der Waals surface area contributed by atoms with Gasteiger partial charge in [0.15, 0.2) is 0 Å². The standard InChI is InChI=1S/C17H28N2O.C2H2O4/c1-15(2)16-6-4-7-17(14-16)20-13-5-8-19-11-9-18(3)10-12-19;3-1(4)2(5)6/h4,6-7,14-15H,5,8-13H2,1-3H3;(H,3,4)(H,5,6). The van der Waals surface area contributed by atoms with Gasteiger partial charge in [0.25, 0.3) is 0 Å². The molecule has 0 spiro atoms. The Morgan fingerprint density at radius 3 is 2.27 bits per heavy atom. The van der Waals surface area contributed by atoms with E-state index in [1.165, 1.54) is 31.7 Å². The van der Waals surface area contributed by atoms with Gasteiger partial charge in [0, 0.05) is 32.7 Å². The van der Waals surface area contributed by atoms with Gasteiger partial charge in [-0.15, -0.1) is 0 Å². The maximum atomic E-state index is 9.10. The van der Waals surface area contributed by atoms with Crippen molar-refractivity contribution >= 4 is 11.9 Å². The van der Waals surface area contributed by atoms with E-state index >= 15 is 0 Å². The highest BCUT2D eigenvalue weighted by atomic mass is 16.5. The van der Waals surface area contributed by atoms with Crippen LogP contribution in [0.15, 0.2) is 24.3 Å². The summed E-state index contributed by atoms with van der Waals surface area (Å²) in [6.07, 6.45) is 1.11. The third-order valence-electron chi connectivity index (χ3n) is 4.19. The minimum absolute atomic E-state index is 0.559. The number of piperazine rings is 1. The number of carbonyl (C=O) groups is 2. The molecule has 0 bridgehead atoms. The molecular weight excluding hydrogens is 336 g/mol. The van der Waals surface area contributed by atoms with E-state index < -0.39 is 11.9 Å². The van der Waals surface area contributed by atoms with Crippen LogP contribution < -0.4 is 4.74 Å². The summed E-state index contributed by atoms with van der Waals surface area (Å²) in [6, 6.07) is 8.48. The van der Waals surface area contributed by atoms with Gasteiger partial charge in [-0.05, 0) is 37.1 Å². The molecule has 1 aromatic rings. The zero-order chi connectivity index (χ0) is 19.5. The number of aliphatic carboxylic acids is 2. The van der Waals surface area contributed by atoms with Crippen LogP contribution in [0.3, 0.4) is 0 Å². The molecule has 1 aliphatic heterocycles. The van der Waals surface area contributed by atoms with Gasteiger partial charge >= 0.3 is 11.9 Å². The molecule has 7 nitrogen and oxygen atoms in total. The third-order valence-corrected chi connectivity index (χ3v) is 4.19.